The number of benzene rings is 1. The minimum atomic E-state index is -0.986. The van der Waals surface area contributed by atoms with Crippen LogP contribution in [0.5, 0.6) is 0 Å². The Morgan fingerprint density at radius 3 is 1.95 bits per heavy atom. The lowest BCUT2D eigenvalue weighted by Crippen LogP contribution is -2.52. The number of ketones is 1. The molecular weight excluding hydrogens is 518 g/mol. The largest absolute Gasteiger partial charge is 0.458 e. The molecule has 11 heteroatoms. The molecule has 0 aliphatic rings. The van der Waals surface area contributed by atoms with Crippen molar-refractivity contribution >= 4 is 29.8 Å². The van der Waals surface area contributed by atoms with Crippen molar-refractivity contribution in [2.75, 3.05) is 19.6 Å². The number of ether oxygens (including phenoxy) is 3. The van der Waals surface area contributed by atoms with E-state index in [0.717, 1.165) is 5.56 Å². The maximum absolute atomic E-state index is 13.3. The number of nitrogens with one attached hydrogen (secondary N) is 2. The normalized spacial score (nSPS) is 12.2. The van der Waals surface area contributed by atoms with Crippen molar-refractivity contribution in [3.8, 4) is 0 Å². The molecule has 0 aromatic heterocycles. The molecule has 0 radical (unpaired) electrons. The Morgan fingerprint density at radius 1 is 0.825 bits per heavy atom. The fraction of sp³-hybridized carbons (Fsp3) is 0.621. The fourth-order valence-electron chi connectivity index (χ4n) is 3.46. The van der Waals surface area contributed by atoms with Gasteiger partial charge in [0.2, 0.25) is 5.91 Å². The molecule has 3 amide bonds. The van der Waals surface area contributed by atoms with E-state index in [4.69, 9.17) is 14.2 Å². The Hall–Kier alpha value is -3.63. The number of hydrogen-bond acceptors (Lipinski definition) is 8. The highest BCUT2D eigenvalue weighted by molar-refractivity contribution is 5.89. The monoisotopic (exact) mass is 563 g/mol. The van der Waals surface area contributed by atoms with E-state index < -0.39 is 47.9 Å². The molecule has 40 heavy (non-hydrogen) atoms. The summed E-state index contributed by atoms with van der Waals surface area (Å²) in [5.74, 6) is -1.55. The molecule has 0 saturated carbocycles. The summed E-state index contributed by atoms with van der Waals surface area (Å²) in [5.41, 5.74) is -0.734. The lowest BCUT2D eigenvalue weighted by atomic mass is 10.0. The number of carbonyl (C=O) groups excluding carboxylic acids is 5. The van der Waals surface area contributed by atoms with E-state index in [-0.39, 0.29) is 44.2 Å². The van der Waals surface area contributed by atoms with E-state index >= 15 is 0 Å². The standard InChI is InChI=1S/C29H45N3O8/c1-20(2)16-23(25(35)39-28(3,4)5)32(15-14-22(33)17-30-27(37)40-29(6,7)8)24(34)18-31-26(36)38-19-21-12-10-9-11-13-21/h9-13,20,23H,14-19H2,1-8H3,(H,30,37)(H,31,36)/t23-/m0/s1. The Kier molecular flexibility index (Phi) is 13.6. The van der Waals surface area contributed by atoms with Gasteiger partial charge >= 0.3 is 18.2 Å². The van der Waals surface area contributed by atoms with Gasteiger partial charge in [0, 0.05) is 13.0 Å². The average Bonchev–Trinajstić information content (AvgIpc) is 2.82. The third-order valence-corrected chi connectivity index (χ3v) is 5.13. The highest BCUT2D eigenvalue weighted by Gasteiger charge is 2.34. The van der Waals surface area contributed by atoms with Crippen LogP contribution in [0.1, 0.15) is 73.8 Å². The van der Waals surface area contributed by atoms with Crippen molar-refractivity contribution in [1.82, 2.24) is 15.5 Å². The molecule has 1 rings (SSSR count). The molecule has 0 bridgehead atoms. The lowest BCUT2D eigenvalue weighted by Gasteiger charge is -2.33. The number of alkyl carbamates (subject to hydrolysis) is 2. The van der Waals surface area contributed by atoms with E-state index in [1.54, 1.807) is 53.7 Å². The Morgan fingerprint density at radius 2 is 1.40 bits per heavy atom. The molecule has 0 saturated heterocycles. The van der Waals surface area contributed by atoms with Crippen molar-refractivity contribution in [3.63, 3.8) is 0 Å². The quantitative estimate of drug-likeness (QED) is 0.271. The summed E-state index contributed by atoms with van der Waals surface area (Å²) >= 11 is 0. The van der Waals surface area contributed by atoms with Gasteiger partial charge in [-0.25, -0.2) is 14.4 Å². The summed E-state index contributed by atoms with van der Waals surface area (Å²) in [6.45, 7) is 13.2. The van der Waals surface area contributed by atoms with Crippen LogP contribution in [0.4, 0.5) is 9.59 Å². The van der Waals surface area contributed by atoms with Crippen molar-refractivity contribution in [3.05, 3.63) is 35.9 Å². The summed E-state index contributed by atoms with van der Waals surface area (Å²) in [5, 5.41) is 4.81. The van der Waals surface area contributed by atoms with E-state index in [1.807, 2.05) is 32.0 Å². The van der Waals surface area contributed by atoms with Gasteiger partial charge in [0.25, 0.3) is 0 Å². The van der Waals surface area contributed by atoms with Gasteiger partial charge < -0.3 is 29.7 Å². The van der Waals surface area contributed by atoms with Gasteiger partial charge in [-0.2, -0.15) is 0 Å². The Bertz CT molecular complexity index is 997. The summed E-state index contributed by atoms with van der Waals surface area (Å²) < 4.78 is 15.9. The zero-order valence-electron chi connectivity index (χ0n) is 25.0. The van der Waals surface area contributed by atoms with Crippen LogP contribution < -0.4 is 10.6 Å². The zero-order valence-corrected chi connectivity index (χ0v) is 25.0. The SMILES string of the molecule is CC(C)C[C@@H](C(=O)OC(C)(C)C)N(CCC(=O)CNC(=O)OC(C)(C)C)C(=O)CNC(=O)OCc1ccccc1. The molecule has 0 aliphatic heterocycles. The number of rotatable bonds is 13. The second-order valence-corrected chi connectivity index (χ2v) is 11.8. The van der Waals surface area contributed by atoms with Gasteiger partial charge in [-0.1, -0.05) is 44.2 Å². The number of hydrogen-bond donors (Lipinski definition) is 2. The van der Waals surface area contributed by atoms with E-state index in [9.17, 15) is 24.0 Å². The first kappa shape index (κ1) is 34.4. The molecule has 1 atom stereocenters. The number of carbonyl (C=O) groups is 5. The topological polar surface area (TPSA) is 140 Å². The molecule has 1 aromatic rings. The maximum atomic E-state index is 13.3. The summed E-state index contributed by atoms with van der Waals surface area (Å²) in [6.07, 6.45) is -1.40. The van der Waals surface area contributed by atoms with Gasteiger partial charge in [0.1, 0.15) is 30.4 Å². The second kappa shape index (κ2) is 15.8. The van der Waals surface area contributed by atoms with Crippen LogP contribution in [-0.4, -0.2) is 71.6 Å². The number of amides is 3. The molecule has 0 fully saturated rings. The third-order valence-electron chi connectivity index (χ3n) is 5.13. The van der Waals surface area contributed by atoms with Crippen molar-refractivity contribution in [2.24, 2.45) is 5.92 Å². The minimum Gasteiger partial charge on any atom is -0.458 e. The van der Waals surface area contributed by atoms with Gasteiger partial charge in [-0.05, 0) is 59.4 Å². The average molecular weight is 564 g/mol. The van der Waals surface area contributed by atoms with Gasteiger partial charge in [-0.15, -0.1) is 0 Å². The molecule has 0 unspecified atom stereocenters. The first-order valence-electron chi connectivity index (χ1n) is 13.4. The first-order valence-corrected chi connectivity index (χ1v) is 13.4. The molecule has 0 spiro atoms. The van der Waals surface area contributed by atoms with Crippen LogP contribution in [0.3, 0.4) is 0 Å². The molecular formula is C29H45N3O8. The van der Waals surface area contributed by atoms with Crippen LogP contribution in [0.2, 0.25) is 0 Å². The van der Waals surface area contributed by atoms with Crippen LogP contribution in [0, 0.1) is 5.92 Å². The Balaban J connectivity index is 2.93. The van der Waals surface area contributed by atoms with Crippen LogP contribution in [-0.2, 0) is 35.2 Å². The van der Waals surface area contributed by atoms with Crippen molar-refractivity contribution < 1.29 is 38.2 Å². The van der Waals surface area contributed by atoms with E-state index in [0.29, 0.717) is 0 Å². The number of Topliss-reactive ketones (excluding diaryl/α,β-unsaturated/α-hetero) is 1. The predicted octanol–water partition coefficient (Wildman–Crippen LogP) is 3.98. The van der Waals surface area contributed by atoms with E-state index in [1.165, 1.54) is 4.90 Å². The second-order valence-electron chi connectivity index (χ2n) is 11.8. The fourth-order valence-corrected chi connectivity index (χ4v) is 3.46. The summed E-state index contributed by atoms with van der Waals surface area (Å²) in [7, 11) is 0. The van der Waals surface area contributed by atoms with Crippen LogP contribution in [0.15, 0.2) is 30.3 Å². The van der Waals surface area contributed by atoms with Crippen molar-refractivity contribution in [1.29, 1.82) is 0 Å². The van der Waals surface area contributed by atoms with Gasteiger partial charge in [0.15, 0.2) is 5.78 Å². The lowest BCUT2D eigenvalue weighted by molar-refractivity contribution is -0.165. The third kappa shape index (κ3) is 15.1. The number of nitrogens with zero attached hydrogens (tertiary/aromatic N) is 1. The Labute approximate surface area is 237 Å². The molecule has 11 nitrogen and oxygen atoms in total. The molecule has 1 aromatic carbocycles. The van der Waals surface area contributed by atoms with E-state index in [2.05, 4.69) is 10.6 Å². The molecule has 2 N–H and O–H groups in total. The summed E-state index contributed by atoms with van der Waals surface area (Å²) in [4.78, 5) is 64.4. The maximum Gasteiger partial charge on any atom is 0.408 e. The number of esters is 1. The zero-order chi connectivity index (χ0) is 30.5. The van der Waals surface area contributed by atoms with Crippen LogP contribution >= 0.6 is 0 Å². The predicted molar refractivity (Wildman–Crippen MR) is 149 cm³/mol. The van der Waals surface area contributed by atoms with Crippen LogP contribution in [0.25, 0.3) is 0 Å². The summed E-state index contributed by atoms with van der Waals surface area (Å²) in [6, 6.07) is 8.08. The molecule has 224 valence electrons. The molecule has 0 heterocycles. The van der Waals surface area contributed by atoms with Crippen molar-refractivity contribution in [2.45, 2.75) is 92.1 Å². The van der Waals surface area contributed by atoms with Gasteiger partial charge in [-0.3, -0.25) is 9.59 Å². The smallest absolute Gasteiger partial charge is 0.408 e. The first-order chi connectivity index (χ1) is 18.5. The minimum absolute atomic E-state index is 0.0150. The highest BCUT2D eigenvalue weighted by atomic mass is 16.6. The highest BCUT2D eigenvalue weighted by Crippen LogP contribution is 2.18. The molecule has 0 aliphatic carbocycles. The van der Waals surface area contributed by atoms with Gasteiger partial charge in [0.05, 0.1) is 6.54 Å².